The summed E-state index contributed by atoms with van der Waals surface area (Å²) in [7, 11) is 2.18. The maximum absolute atomic E-state index is 13.4. The van der Waals surface area contributed by atoms with Crippen LogP contribution in [0.2, 0.25) is 0 Å². The van der Waals surface area contributed by atoms with E-state index in [0.717, 1.165) is 68.8 Å². The number of likely N-dealkylation sites (N-methyl/N-ethyl adjacent to an activating group) is 1. The van der Waals surface area contributed by atoms with Gasteiger partial charge in [0.05, 0.1) is 5.69 Å². The minimum Gasteiger partial charge on any atom is -0.368 e. The Kier molecular flexibility index (Phi) is 6.92. The molecule has 0 unspecified atom stereocenters. The van der Waals surface area contributed by atoms with Crippen LogP contribution in [0.1, 0.15) is 64.2 Å². The first-order chi connectivity index (χ1) is 19.2. The van der Waals surface area contributed by atoms with E-state index in [0.29, 0.717) is 35.1 Å². The van der Waals surface area contributed by atoms with Crippen molar-refractivity contribution >= 4 is 17.6 Å². The van der Waals surface area contributed by atoms with Crippen LogP contribution in [0.4, 0.5) is 5.95 Å². The molecule has 2 aromatic heterocycles. The molecule has 1 aliphatic carbocycles. The molecule has 1 aromatic carbocycles. The van der Waals surface area contributed by atoms with E-state index in [2.05, 4.69) is 50.9 Å². The quantitative estimate of drug-likeness (QED) is 0.472. The fraction of sp³-hybridized carbons (Fsp3) is 0.500. The first-order valence-electron chi connectivity index (χ1n) is 14.2. The van der Waals surface area contributed by atoms with Gasteiger partial charge >= 0.3 is 0 Å². The van der Waals surface area contributed by atoms with E-state index >= 15 is 0 Å². The van der Waals surface area contributed by atoms with E-state index in [1.807, 2.05) is 29.2 Å². The van der Waals surface area contributed by atoms with Gasteiger partial charge in [-0.2, -0.15) is 5.10 Å². The molecule has 6 rings (SSSR count). The number of hydrogen-bond donors (Lipinski definition) is 2. The summed E-state index contributed by atoms with van der Waals surface area (Å²) < 4.78 is 0. The minimum atomic E-state index is -0.312. The van der Waals surface area contributed by atoms with E-state index in [9.17, 15) is 9.59 Å². The van der Waals surface area contributed by atoms with Crippen LogP contribution in [0.3, 0.4) is 0 Å². The number of nitrogens with one attached hydrogen (secondary N) is 1. The summed E-state index contributed by atoms with van der Waals surface area (Å²) in [4.78, 5) is 42.1. The van der Waals surface area contributed by atoms with Crippen LogP contribution in [0, 0.1) is 0 Å². The number of aromatic amines is 1. The zero-order valence-electron chi connectivity index (χ0n) is 23.6. The van der Waals surface area contributed by atoms with Gasteiger partial charge in [0, 0.05) is 69.1 Å². The van der Waals surface area contributed by atoms with E-state index < -0.39 is 0 Å². The van der Waals surface area contributed by atoms with Crippen LogP contribution in [-0.2, 0) is 18.3 Å². The van der Waals surface area contributed by atoms with Crippen LogP contribution >= 0.6 is 0 Å². The number of nitrogens with zero attached hydrogens (tertiary/aromatic N) is 6. The number of anilines is 1. The third kappa shape index (κ3) is 5.01. The minimum absolute atomic E-state index is 0.0441. The molecule has 2 saturated heterocycles. The molecule has 3 aromatic rings. The summed E-state index contributed by atoms with van der Waals surface area (Å²) in [5, 5.41) is 7.46. The van der Waals surface area contributed by atoms with Gasteiger partial charge in [0.1, 0.15) is 11.4 Å². The zero-order chi connectivity index (χ0) is 28.0. The number of carbonyl (C=O) groups excluding carboxylic acids is 2. The van der Waals surface area contributed by atoms with Gasteiger partial charge in [-0.15, -0.1) is 0 Å². The van der Waals surface area contributed by atoms with Crippen molar-refractivity contribution in [3.63, 3.8) is 0 Å². The Hall–Kier alpha value is -3.63. The highest BCUT2D eigenvalue weighted by Gasteiger charge is 2.38. The van der Waals surface area contributed by atoms with Crippen molar-refractivity contribution in [1.82, 2.24) is 34.9 Å². The molecule has 0 atom stereocenters. The van der Waals surface area contributed by atoms with Gasteiger partial charge in [0.25, 0.3) is 5.91 Å². The number of rotatable bonds is 5. The van der Waals surface area contributed by atoms with E-state index in [1.165, 1.54) is 0 Å². The van der Waals surface area contributed by atoms with Gasteiger partial charge in [-0.05, 0) is 55.0 Å². The number of nitrogens with two attached hydrogens (primary N) is 1. The van der Waals surface area contributed by atoms with Crippen LogP contribution in [0.15, 0.2) is 30.5 Å². The monoisotopic (exact) mass is 542 g/mol. The van der Waals surface area contributed by atoms with Gasteiger partial charge in [0.2, 0.25) is 5.95 Å². The molecule has 2 fully saturated rings. The smallest absolute Gasteiger partial charge is 0.253 e. The van der Waals surface area contributed by atoms with Crippen molar-refractivity contribution in [2.24, 2.45) is 0 Å². The zero-order valence-corrected chi connectivity index (χ0v) is 23.6. The SMILES string of the molecule is CN1CCN(C2CCN(C(=O)c3ccc(CC(=O)c4[nH]nc5c4C(C)(C)Cc4cnc(N)nc4-5)cc3)CC2)CC1. The van der Waals surface area contributed by atoms with Crippen LogP contribution in [0.25, 0.3) is 11.4 Å². The lowest BCUT2D eigenvalue weighted by Gasteiger charge is -2.42. The first-order valence-corrected chi connectivity index (χ1v) is 14.2. The molecule has 2 aliphatic heterocycles. The Bertz CT molecular complexity index is 1410. The molecule has 0 saturated carbocycles. The molecule has 10 nitrogen and oxygen atoms in total. The number of carbonyl (C=O) groups is 2. The fourth-order valence-electron chi connectivity index (χ4n) is 6.54. The van der Waals surface area contributed by atoms with Gasteiger partial charge in [0.15, 0.2) is 5.78 Å². The topological polar surface area (TPSA) is 124 Å². The number of hydrogen-bond acceptors (Lipinski definition) is 8. The van der Waals surface area contributed by atoms with Gasteiger partial charge in [-0.1, -0.05) is 26.0 Å². The van der Waals surface area contributed by atoms with Gasteiger partial charge in [-0.3, -0.25) is 19.6 Å². The second-order valence-corrected chi connectivity index (χ2v) is 12.1. The highest BCUT2D eigenvalue weighted by atomic mass is 16.2. The number of Topliss-reactive ketones (excluding diaryl/α,β-unsaturated/α-hetero) is 1. The number of likely N-dealkylation sites (tertiary alicyclic amines) is 1. The van der Waals surface area contributed by atoms with Gasteiger partial charge in [-0.25, -0.2) is 9.97 Å². The fourth-order valence-corrected chi connectivity index (χ4v) is 6.54. The predicted octanol–water partition coefficient (Wildman–Crippen LogP) is 2.56. The van der Waals surface area contributed by atoms with E-state index in [1.54, 1.807) is 6.20 Å². The average molecular weight is 543 g/mol. The molecule has 3 N–H and O–H groups in total. The van der Waals surface area contributed by atoms with E-state index in [4.69, 9.17) is 5.73 Å². The standard InChI is InChI=1S/C30H38N8O2/c1-30(2)17-21-18-32-29(31)33-25(21)27-24(30)26(34-35-27)23(39)16-19-4-6-20(7-5-19)28(40)38-10-8-22(9-11-38)37-14-12-36(3)13-15-37/h4-7,18,22H,8-17H2,1-3H3,(H,34,35)(H2,31,32,33). The lowest BCUT2D eigenvalue weighted by atomic mass is 9.72. The van der Waals surface area contributed by atoms with Crippen LogP contribution < -0.4 is 5.73 Å². The predicted molar refractivity (Wildman–Crippen MR) is 153 cm³/mol. The van der Waals surface area contributed by atoms with Crippen LogP contribution in [0.5, 0.6) is 0 Å². The number of benzene rings is 1. The Labute approximate surface area is 235 Å². The summed E-state index contributed by atoms with van der Waals surface area (Å²) in [6.45, 7) is 10.2. The number of H-pyrrole nitrogens is 1. The molecule has 1 amide bonds. The van der Waals surface area contributed by atoms with Crippen molar-refractivity contribution < 1.29 is 9.59 Å². The lowest BCUT2D eigenvalue weighted by Crippen LogP contribution is -2.52. The molecule has 0 bridgehead atoms. The largest absolute Gasteiger partial charge is 0.368 e. The summed E-state index contributed by atoms with van der Waals surface area (Å²) >= 11 is 0. The van der Waals surface area contributed by atoms with Crippen molar-refractivity contribution in [2.75, 3.05) is 52.0 Å². The molecule has 4 heterocycles. The Morgan fingerprint density at radius 3 is 2.42 bits per heavy atom. The Balaban J connectivity index is 1.10. The highest BCUT2D eigenvalue weighted by molar-refractivity contribution is 5.99. The van der Waals surface area contributed by atoms with Crippen molar-refractivity contribution in [3.05, 3.63) is 58.4 Å². The second-order valence-electron chi connectivity index (χ2n) is 12.1. The lowest BCUT2D eigenvalue weighted by molar-refractivity contribution is 0.0518. The summed E-state index contributed by atoms with van der Waals surface area (Å²) in [6, 6.07) is 8.04. The maximum Gasteiger partial charge on any atom is 0.253 e. The molecular formula is C30H38N8O2. The third-order valence-electron chi connectivity index (χ3n) is 8.83. The number of fused-ring (bicyclic) bond motifs is 3. The number of piperazine rings is 1. The average Bonchev–Trinajstić information content (AvgIpc) is 3.41. The maximum atomic E-state index is 13.4. The molecule has 0 radical (unpaired) electrons. The van der Waals surface area contributed by atoms with Crippen molar-refractivity contribution in [2.45, 2.75) is 51.0 Å². The number of amides is 1. The van der Waals surface area contributed by atoms with E-state index in [-0.39, 0.29) is 29.5 Å². The number of aromatic nitrogens is 4. The second kappa shape index (κ2) is 10.4. The molecular weight excluding hydrogens is 504 g/mol. The van der Waals surface area contributed by atoms with Crippen LogP contribution in [-0.4, -0.2) is 98.9 Å². The molecule has 40 heavy (non-hydrogen) atoms. The number of piperidine rings is 1. The molecule has 3 aliphatic rings. The Morgan fingerprint density at radius 2 is 1.73 bits per heavy atom. The molecule has 210 valence electrons. The Morgan fingerprint density at radius 1 is 1.02 bits per heavy atom. The summed E-state index contributed by atoms with van der Waals surface area (Å²) in [5.41, 5.74) is 10.8. The molecule has 0 spiro atoms. The number of nitrogen functional groups attached to an aromatic ring is 1. The number of ketones is 1. The summed E-state index contributed by atoms with van der Waals surface area (Å²) in [6.07, 6.45) is 4.70. The normalized spacial score (nSPS) is 19.7. The van der Waals surface area contributed by atoms with Gasteiger partial charge < -0.3 is 15.5 Å². The highest BCUT2D eigenvalue weighted by Crippen LogP contribution is 2.43. The third-order valence-corrected chi connectivity index (χ3v) is 8.83. The summed E-state index contributed by atoms with van der Waals surface area (Å²) in [5.74, 6) is 0.214. The van der Waals surface area contributed by atoms with Crippen molar-refractivity contribution in [1.29, 1.82) is 0 Å². The molecule has 10 heteroatoms. The first kappa shape index (κ1) is 26.6. The van der Waals surface area contributed by atoms with Crippen molar-refractivity contribution in [3.8, 4) is 11.4 Å².